The van der Waals surface area contributed by atoms with Gasteiger partial charge in [-0.05, 0) is 30.7 Å². The summed E-state index contributed by atoms with van der Waals surface area (Å²) in [4.78, 5) is 35.8. The molecule has 0 unspecified atom stereocenters. The molecule has 0 fully saturated rings. The van der Waals surface area contributed by atoms with E-state index in [-0.39, 0.29) is 22.9 Å². The average Bonchev–Trinajstić information content (AvgIpc) is 2.88. The Kier molecular flexibility index (Phi) is 4.58. The molecule has 3 rings (SSSR count). The van der Waals surface area contributed by atoms with Gasteiger partial charge in [0, 0.05) is 11.1 Å². The number of carboxylic acid groups (broad SMARTS) is 1. The monoisotopic (exact) mass is 352 g/mol. The number of carbonyl (C=O) groups is 3. The number of ether oxygens (including phenoxy) is 2. The lowest BCUT2D eigenvalue weighted by Gasteiger charge is -2.14. The Bertz CT molecular complexity index is 904. The fourth-order valence-corrected chi connectivity index (χ4v) is 2.68. The third-order valence-electron chi connectivity index (χ3n) is 4.06. The van der Waals surface area contributed by atoms with Crippen LogP contribution >= 0.6 is 0 Å². The summed E-state index contributed by atoms with van der Waals surface area (Å²) in [7, 11) is 1.42. The Morgan fingerprint density at radius 3 is 2.19 bits per heavy atom. The van der Waals surface area contributed by atoms with Crippen molar-refractivity contribution in [2.45, 2.75) is 13.0 Å². The maximum Gasteiger partial charge on any atom is 0.344 e. The van der Waals surface area contributed by atoms with Gasteiger partial charge in [-0.15, -0.1) is 0 Å². The minimum absolute atomic E-state index is 0.0841. The van der Waals surface area contributed by atoms with Crippen LogP contribution in [0.5, 0.6) is 11.5 Å². The van der Waals surface area contributed by atoms with Crippen LogP contribution in [0.4, 0.5) is 0 Å². The number of hydrogen-bond acceptors (Lipinski definition) is 5. The number of allylic oxidation sites excluding steroid dienone is 1. The van der Waals surface area contributed by atoms with E-state index < -0.39 is 12.1 Å². The summed E-state index contributed by atoms with van der Waals surface area (Å²) in [5, 5.41) is 8.95. The second-order valence-corrected chi connectivity index (χ2v) is 5.77. The first-order valence-electron chi connectivity index (χ1n) is 7.90. The van der Waals surface area contributed by atoms with Crippen molar-refractivity contribution >= 4 is 23.6 Å². The summed E-state index contributed by atoms with van der Waals surface area (Å²) in [6.07, 6.45) is 0.456. The van der Waals surface area contributed by atoms with Crippen LogP contribution in [0.1, 0.15) is 33.2 Å². The number of Topliss-reactive ketones (excluding diaryl/α,β-unsaturated/α-hetero) is 2. The summed E-state index contributed by atoms with van der Waals surface area (Å²) in [6, 6.07) is 11.4. The van der Waals surface area contributed by atoms with E-state index in [1.807, 2.05) is 0 Å². The number of ketones is 2. The summed E-state index contributed by atoms with van der Waals surface area (Å²) in [5.41, 5.74) is 1.44. The van der Waals surface area contributed by atoms with Crippen molar-refractivity contribution < 1.29 is 29.0 Å². The molecule has 0 bridgehead atoms. The standard InChI is InChI=1S/C20H16O6/c1-11(20(23)24)26-16-8-7-12(10-17(16)25-2)9-15-18(21)13-5-3-4-6-14(13)19(15)22/h3-11H,1-2H3,(H,23,24)/t11-/m1/s1. The zero-order chi connectivity index (χ0) is 18.8. The first-order valence-corrected chi connectivity index (χ1v) is 7.90. The van der Waals surface area contributed by atoms with E-state index in [0.29, 0.717) is 22.4 Å². The molecule has 132 valence electrons. The van der Waals surface area contributed by atoms with E-state index in [9.17, 15) is 14.4 Å². The number of carboxylic acids is 1. The van der Waals surface area contributed by atoms with Crippen molar-refractivity contribution in [1.82, 2.24) is 0 Å². The highest BCUT2D eigenvalue weighted by atomic mass is 16.5. The minimum atomic E-state index is -1.10. The Morgan fingerprint density at radius 1 is 1.04 bits per heavy atom. The SMILES string of the molecule is COc1cc(C=C2C(=O)c3ccccc3C2=O)ccc1O[C@H](C)C(=O)O. The number of carbonyl (C=O) groups excluding carboxylic acids is 2. The summed E-state index contributed by atoms with van der Waals surface area (Å²) in [5.74, 6) is -1.16. The average molecular weight is 352 g/mol. The smallest absolute Gasteiger partial charge is 0.344 e. The van der Waals surface area contributed by atoms with Crippen LogP contribution in [-0.2, 0) is 4.79 Å². The summed E-state index contributed by atoms with van der Waals surface area (Å²) in [6.45, 7) is 1.41. The molecule has 26 heavy (non-hydrogen) atoms. The Morgan fingerprint density at radius 2 is 1.65 bits per heavy atom. The van der Waals surface area contributed by atoms with Gasteiger partial charge in [-0.1, -0.05) is 30.3 Å². The van der Waals surface area contributed by atoms with Crippen LogP contribution in [0.25, 0.3) is 6.08 Å². The Labute approximate surface area is 149 Å². The second kappa shape index (κ2) is 6.84. The van der Waals surface area contributed by atoms with E-state index in [2.05, 4.69) is 0 Å². The Hall–Kier alpha value is -3.41. The number of rotatable bonds is 5. The predicted molar refractivity (Wildman–Crippen MR) is 93.8 cm³/mol. The fraction of sp³-hybridized carbons (Fsp3) is 0.150. The molecule has 0 heterocycles. The molecule has 0 amide bonds. The molecule has 0 saturated heterocycles. The second-order valence-electron chi connectivity index (χ2n) is 5.77. The van der Waals surface area contributed by atoms with Gasteiger partial charge in [0.25, 0.3) is 0 Å². The number of methoxy groups -OCH3 is 1. The first kappa shape index (κ1) is 17.4. The Balaban J connectivity index is 1.94. The van der Waals surface area contributed by atoms with E-state index in [0.717, 1.165) is 0 Å². The van der Waals surface area contributed by atoms with Crippen LogP contribution in [0.3, 0.4) is 0 Å². The van der Waals surface area contributed by atoms with Gasteiger partial charge in [0.2, 0.25) is 0 Å². The molecule has 0 aliphatic heterocycles. The number of hydrogen-bond donors (Lipinski definition) is 1. The molecule has 6 nitrogen and oxygen atoms in total. The molecule has 0 saturated carbocycles. The van der Waals surface area contributed by atoms with Crippen LogP contribution in [0.2, 0.25) is 0 Å². The fourth-order valence-electron chi connectivity index (χ4n) is 2.68. The highest BCUT2D eigenvalue weighted by Crippen LogP contribution is 2.32. The molecule has 2 aromatic rings. The maximum atomic E-state index is 12.4. The molecule has 0 aromatic heterocycles. The number of aliphatic carboxylic acids is 1. The molecule has 1 aliphatic rings. The lowest BCUT2D eigenvalue weighted by Crippen LogP contribution is -2.23. The third-order valence-corrected chi connectivity index (χ3v) is 4.06. The van der Waals surface area contributed by atoms with Crippen LogP contribution in [-0.4, -0.2) is 35.9 Å². The summed E-state index contributed by atoms with van der Waals surface area (Å²) < 4.78 is 10.6. The predicted octanol–water partition coefficient (Wildman–Crippen LogP) is 3.01. The minimum Gasteiger partial charge on any atom is -0.493 e. The zero-order valence-electron chi connectivity index (χ0n) is 14.2. The number of benzene rings is 2. The lowest BCUT2D eigenvalue weighted by atomic mass is 10.1. The quantitative estimate of drug-likeness (QED) is 0.657. The van der Waals surface area contributed by atoms with Crippen molar-refractivity contribution in [1.29, 1.82) is 0 Å². The third kappa shape index (κ3) is 3.09. The first-order chi connectivity index (χ1) is 12.4. The van der Waals surface area contributed by atoms with Gasteiger partial charge in [0.1, 0.15) is 0 Å². The van der Waals surface area contributed by atoms with E-state index >= 15 is 0 Å². The zero-order valence-corrected chi connectivity index (χ0v) is 14.2. The highest BCUT2D eigenvalue weighted by Gasteiger charge is 2.32. The largest absolute Gasteiger partial charge is 0.493 e. The van der Waals surface area contributed by atoms with E-state index in [1.165, 1.54) is 20.1 Å². The van der Waals surface area contributed by atoms with Crippen LogP contribution in [0, 0.1) is 0 Å². The van der Waals surface area contributed by atoms with Gasteiger partial charge < -0.3 is 14.6 Å². The highest BCUT2D eigenvalue weighted by molar-refractivity contribution is 6.41. The normalized spacial score (nSPS) is 14.0. The van der Waals surface area contributed by atoms with Crippen molar-refractivity contribution in [3.05, 3.63) is 64.7 Å². The molecule has 1 atom stereocenters. The van der Waals surface area contributed by atoms with Gasteiger partial charge in [-0.25, -0.2) is 4.79 Å². The molecular formula is C20H16O6. The molecule has 2 aromatic carbocycles. The molecule has 0 radical (unpaired) electrons. The molecule has 0 spiro atoms. The maximum absolute atomic E-state index is 12.4. The summed E-state index contributed by atoms with van der Waals surface area (Å²) >= 11 is 0. The molecular weight excluding hydrogens is 336 g/mol. The van der Waals surface area contributed by atoms with Crippen molar-refractivity contribution in [2.75, 3.05) is 7.11 Å². The lowest BCUT2D eigenvalue weighted by molar-refractivity contribution is -0.144. The van der Waals surface area contributed by atoms with Gasteiger partial charge in [-0.2, -0.15) is 0 Å². The molecule has 1 aliphatic carbocycles. The van der Waals surface area contributed by atoms with Crippen molar-refractivity contribution in [2.24, 2.45) is 0 Å². The van der Waals surface area contributed by atoms with Crippen LogP contribution in [0.15, 0.2) is 48.0 Å². The van der Waals surface area contributed by atoms with Crippen molar-refractivity contribution in [3.63, 3.8) is 0 Å². The molecule has 1 N–H and O–H groups in total. The topological polar surface area (TPSA) is 89.9 Å². The van der Waals surface area contributed by atoms with E-state index in [4.69, 9.17) is 14.6 Å². The van der Waals surface area contributed by atoms with Crippen LogP contribution < -0.4 is 9.47 Å². The molecule has 6 heteroatoms. The van der Waals surface area contributed by atoms with E-state index in [1.54, 1.807) is 42.5 Å². The van der Waals surface area contributed by atoms with Gasteiger partial charge in [0.05, 0.1) is 12.7 Å². The van der Waals surface area contributed by atoms with Gasteiger partial charge in [0.15, 0.2) is 29.2 Å². The van der Waals surface area contributed by atoms with Crippen molar-refractivity contribution in [3.8, 4) is 11.5 Å². The number of fused-ring (bicyclic) bond motifs is 1. The van der Waals surface area contributed by atoms with Gasteiger partial charge in [-0.3, -0.25) is 9.59 Å². The van der Waals surface area contributed by atoms with Gasteiger partial charge >= 0.3 is 5.97 Å².